The van der Waals surface area contributed by atoms with Crippen LogP contribution >= 0.6 is 47.3 Å². The summed E-state index contributed by atoms with van der Waals surface area (Å²) in [6.45, 7) is 0. The summed E-state index contributed by atoms with van der Waals surface area (Å²) >= 11 is 13.8. The van der Waals surface area contributed by atoms with Gasteiger partial charge >= 0.3 is 5.97 Å². The molecule has 0 aliphatic carbocycles. The topological polar surface area (TPSA) is 57.6 Å². The Morgan fingerprint density at radius 1 is 1.57 bits per heavy atom. The highest BCUT2D eigenvalue weighted by Gasteiger charge is 2.40. The van der Waals surface area contributed by atoms with Crippen molar-refractivity contribution in [1.82, 2.24) is 4.90 Å². The third-order valence-electron chi connectivity index (χ3n) is 3.16. The summed E-state index contributed by atoms with van der Waals surface area (Å²) in [5, 5.41) is 9.97. The van der Waals surface area contributed by atoms with Crippen LogP contribution in [0.1, 0.15) is 12.0 Å². The lowest BCUT2D eigenvalue weighted by molar-refractivity contribution is -0.145. The molecule has 23 heavy (non-hydrogen) atoms. The van der Waals surface area contributed by atoms with Crippen LogP contribution in [0, 0.1) is 0 Å². The van der Waals surface area contributed by atoms with E-state index in [0.29, 0.717) is 22.1 Å². The zero-order valence-electron chi connectivity index (χ0n) is 12.2. The number of benzene rings is 1. The Morgan fingerprint density at radius 3 is 2.91 bits per heavy atom. The minimum atomic E-state index is -1.04. The molecule has 1 aliphatic heterocycles. The molecule has 1 atom stereocenters. The van der Waals surface area contributed by atoms with Gasteiger partial charge in [0.1, 0.15) is 10.4 Å². The number of carbonyl (C=O) groups excluding carboxylic acids is 1. The zero-order valence-corrected chi connectivity index (χ0v) is 15.4. The van der Waals surface area contributed by atoms with Crippen molar-refractivity contribution in [3.05, 3.63) is 39.8 Å². The second-order valence-electron chi connectivity index (χ2n) is 4.74. The monoisotopic (exact) mass is 387 g/mol. The third-order valence-corrected chi connectivity index (χ3v) is 5.37. The fourth-order valence-corrected chi connectivity index (χ4v) is 4.10. The minimum Gasteiger partial charge on any atom is -0.480 e. The van der Waals surface area contributed by atoms with Crippen molar-refractivity contribution >= 4 is 69.6 Å². The first-order valence-electron chi connectivity index (χ1n) is 6.68. The molecule has 1 aliphatic rings. The number of halogens is 1. The van der Waals surface area contributed by atoms with Gasteiger partial charge in [-0.3, -0.25) is 9.69 Å². The fraction of sp³-hybridized carbons (Fsp3) is 0.267. The maximum absolute atomic E-state index is 12.6. The van der Waals surface area contributed by atoms with E-state index in [-0.39, 0.29) is 10.2 Å². The molecule has 1 fully saturated rings. The molecule has 0 spiro atoms. The van der Waals surface area contributed by atoms with E-state index in [0.717, 1.165) is 17.3 Å². The molecular formula is C15H14ClNO3S3. The Hall–Kier alpha value is -1.02. The lowest BCUT2D eigenvalue weighted by Crippen LogP contribution is -2.44. The fourth-order valence-electron chi connectivity index (χ4n) is 2.09. The number of thiocarbonyl (C=S) groups is 1. The van der Waals surface area contributed by atoms with Gasteiger partial charge in [0.2, 0.25) is 0 Å². The van der Waals surface area contributed by atoms with Crippen molar-refractivity contribution in [2.45, 2.75) is 12.5 Å². The second-order valence-corrected chi connectivity index (χ2v) is 7.84. The van der Waals surface area contributed by atoms with Crippen molar-refractivity contribution in [1.29, 1.82) is 0 Å². The van der Waals surface area contributed by atoms with Crippen LogP contribution < -0.4 is 0 Å². The molecule has 0 radical (unpaired) electrons. The number of rotatable bonds is 6. The molecule has 0 bridgehead atoms. The van der Waals surface area contributed by atoms with Gasteiger partial charge < -0.3 is 5.11 Å². The van der Waals surface area contributed by atoms with Crippen molar-refractivity contribution in [3.63, 3.8) is 0 Å². The van der Waals surface area contributed by atoms with Gasteiger partial charge in [0.15, 0.2) is 0 Å². The average Bonchev–Trinajstić information content (AvgIpc) is 2.75. The van der Waals surface area contributed by atoms with Crippen LogP contribution in [0.4, 0.5) is 0 Å². The number of carbonyl (C=O) groups is 2. The van der Waals surface area contributed by atoms with Gasteiger partial charge in [0.05, 0.1) is 4.91 Å². The summed E-state index contributed by atoms with van der Waals surface area (Å²) in [7, 11) is 0. The van der Waals surface area contributed by atoms with Crippen LogP contribution in [0.3, 0.4) is 0 Å². The highest BCUT2D eigenvalue weighted by molar-refractivity contribution is 8.26. The van der Waals surface area contributed by atoms with Crippen molar-refractivity contribution < 1.29 is 14.7 Å². The quantitative estimate of drug-likeness (QED) is 0.592. The number of thioether (sulfide) groups is 2. The summed E-state index contributed by atoms with van der Waals surface area (Å²) in [6, 6.07) is 6.15. The lowest BCUT2D eigenvalue weighted by atomic mass is 10.2. The SMILES string of the molecule is CSCC[C@H](C(=O)O)N1C(=O)/C(=C/c2cccc(Cl)c2)SC1=S. The number of hydrogen-bond donors (Lipinski definition) is 1. The third kappa shape index (κ3) is 4.50. The molecule has 2 rings (SSSR count). The predicted octanol–water partition coefficient (Wildman–Crippen LogP) is 3.75. The average molecular weight is 388 g/mol. The Balaban J connectivity index is 2.26. The Morgan fingerprint density at radius 2 is 2.30 bits per heavy atom. The van der Waals surface area contributed by atoms with E-state index in [1.54, 1.807) is 24.3 Å². The van der Waals surface area contributed by atoms with E-state index >= 15 is 0 Å². The van der Waals surface area contributed by atoms with E-state index in [1.807, 2.05) is 12.3 Å². The number of carboxylic acid groups (broad SMARTS) is 1. The maximum atomic E-state index is 12.6. The predicted molar refractivity (Wildman–Crippen MR) is 101 cm³/mol. The number of hydrogen-bond acceptors (Lipinski definition) is 5. The number of aliphatic carboxylic acids is 1. The molecule has 0 unspecified atom stereocenters. The van der Waals surface area contributed by atoms with Crippen LogP contribution in [-0.4, -0.2) is 44.3 Å². The molecule has 0 saturated carbocycles. The normalized spacial score (nSPS) is 17.8. The molecule has 1 saturated heterocycles. The number of carboxylic acids is 1. The highest BCUT2D eigenvalue weighted by Crippen LogP contribution is 2.35. The van der Waals surface area contributed by atoms with E-state index in [2.05, 4.69) is 0 Å². The molecule has 1 amide bonds. The molecule has 1 aromatic rings. The Kier molecular flexibility index (Phi) is 6.52. The molecule has 122 valence electrons. The number of nitrogens with zero attached hydrogens (tertiary/aromatic N) is 1. The summed E-state index contributed by atoms with van der Waals surface area (Å²) in [6.07, 6.45) is 3.92. The molecule has 8 heteroatoms. The van der Waals surface area contributed by atoms with Gasteiger partial charge in [-0.1, -0.05) is 47.7 Å². The molecule has 1 N–H and O–H groups in total. The molecular weight excluding hydrogens is 374 g/mol. The van der Waals surface area contributed by atoms with Crippen LogP contribution in [0.25, 0.3) is 6.08 Å². The Bertz CT molecular complexity index is 678. The van der Waals surface area contributed by atoms with Crippen LogP contribution in [0.5, 0.6) is 0 Å². The lowest BCUT2D eigenvalue weighted by Gasteiger charge is -2.22. The molecule has 1 heterocycles. The van der Waals surface area contributed by atoms with Gasteiger partial charge in [-0.25, -0.2) is 4.79 Å². The minimum absolute atomic E-state index is 0.275. The highest BCUT2D eigenvalue weighted by atomic mass is 35.5. The van der Waals surface area contributed by atoms with Gasteiger partial charge in [-0.15, -0.1) is 0 Å². The largest absolute Gasteiger partial charge is 0.480 e. The molecule has 4 nitrogen and oxygen atoms in total. The van der Waals surface area contributed by atoms with Gasteiger partial charge in [0, 0.05) is 5.02 Å². The van der Waals surface area contributed by atoms with E-state index < -0.39 is 12.0 Å². The summed E-state index contributed by atoms with van der Waals surface area (Å²) in [5.41, 5.74) is 0.772. The number of amides is 1. The van der Waals surface area contributed by atoms with Crippen molar-refractivity contribution in [3.8, 4) is 0 Å². The summed E-state index contributed by atoms with van der Waals surface area (Å²) in [4.78, 5) is 25.7. The smallest absolute Gasteiger partial charge is 0.326 e. The van der Waals surface area contributed by atoms with Gasteiger partial charge in [-0.2, -0.15) is 11.8 Å². The van der Waals surface area contributed by atoms with Gasteiger partial charge in [0.25, 0.3) is 5.91 Å². The van der Waals surface area contributed by atoms with Crippen LogP contribution in [-0.2, 0) is 9.59 Å². The first kappa shape index (κ1) is 18.3. The maximum Gasteiger partial charge on any atom is 0.326 e. The van der Waals surface area contributed by atoms with Crippen molar-refractivity contribution in [2.24, 2.45) is 0 Å². The van der Waals surface area contributed by atoms with E-state index in [1.165, 1.54) is 16.7 Å². The molecule has 1 aromatic carbocycles. The van der Waals surface area contributed by atoms with Crippen LogP contribution in [0.2, 0.25) is 5.02 Å². The van der Waals surface area contributed by atoms with E-state index in [4.69, 9.17) is 23.8 Å². The molecule has 0 aromatic heterocycles. The van der Waals surface area contributed by atoms with Crippen LogP contribution in [0.15, 0.2) is 29.2 Å². The Labute approximate surface area is 153 Å². The first-order chi connectivity index (χ1) is 10.9. The zero-order chi connectivity index (χ0) is 17.0. The van der Waals surface area contributed by atoms with Crippen molar-refractivity contribution in [2.75, 3.05) is 12.0 Å². The summed E-state index contributed by atoms with van der Waals surface area (Å²) in [5.74, 6) is -0.769. The van der Waals surface area contributed by atoms with Gasteiger partial charge in [-0.05, 0) is 42.2 Å². The first-order valence-corrected chi connectivity index (χ1v) is 9.68. The standard InChI is InChI=1S/C15H14ClNO3S3/c1-22-6-5-11(14(19)20)17-13(18)12(23-15(17)21)8-9-3-2-4-10(16)7-9/h2-4,7-8,11H,5-6H2,1H3,(H,19,20)/b12-8-/t11-/m1/s1. The second kappa shape index (κ2) is 8.19. The summed E-state index contributed by atoms with van der Waals surface area (Å²) < 4.78 is 0.275. The van der Waals surface area contributed by atoms with E-state index in [9.17, 15) is 14.7 Å².